The van der Waals surface area contributed by atoms with E-state index in [2.05, 4.69) is 5.32 Å². The van der Waals surface area contributed by atoms with Crippen molar-refractivity contribution in [2.45, 2.75) is 44.9 Å². The number of aryl methyl sites for hydroxylation is 1. The number of hydrogen-bond acceptors (Lipinski definition) is 2. The highest BCUT2D eigenvalue weighted by Crippen LogP contribution is 2.28. The van der Waals surface area contributed by atoms with E-state index in [1.807, 2.05) is 31.2 Å². The van der Waals surface area contributed by atoms with Crippen LogP contribution in [0.15, 0.2) is 24.3 Å². The summed E-state index contributed by atoms with van der Waals surface area (Å²) in [4.78, 5) is 13.2. The van der Waals surface area contributed by atoms with Crippen molar-refractivity contribution in [2.75, 3.05) is 11.9 Å². The van der Waals surface area contributed by atoms with Gasteiger partial charge in [0.05, 0.1) is 0 Å². The average Bonchev–Trinajstić information content (AvgIpc) is 2.42. The van der Waals surface area contributed by atoms with Gasteiger partial charge in [0.1, 0.15) is 12.6 Å². The molecule has 0 spiro atoms. The summed E-state index contributed by atoms with van der Waals surface area (Å²) in [6.07, 6.45) is -4.21. The number of amides is 1. The third-order valence-electron chi connectivity index (χ3n) is 3.54. The number of fused-ring (bicyclic) bond motifs is 1. The topological polar surface area (TPSA) is 32.3 Å². The molecule has 116 valence electrons. The Kier molecular flexibility index (Phi) is 4.75. The van der Waals surface area contributed by atoms with Crippen LogP contribution in [-0.4, -0.2) is 29.7 Å². The quantitative estimate of drug-likeness (QED) is 0.922. The Labute approximate surface area is 122 Å². The molecule has 2 rings (SSSR count). The van der Waals surface area contributed by atoms with Crippen LogP contribution in [0.1, 0.15) is 31.7 Å². The van der Waals surface area contributed by atoms with Crippen molar-refractivity contribution in [2.24, 2.45) is 0 Å². The fraction of sp³-hybridized carbons (Fsp3) is 0.533. The average molecular weight is 300 g/mol. The second-order valence-electron chi connectivity index (χ2n) is 5.24. The molecule has 0 aliphatic carbocycles. The van der Waals surface area contributed by atoms with Gasteiger partial charge in [0.2, 0.25) is 5.91 Å². The molecule has 3 nitrogen and oxygen atoms in total. The van der Waals surface area contributed by atoms with Crippen molar-refractivity contribution in [3.63, 3.8) is 0 Å². The van der Waals surface area contributed by atoms with Crippen LogP contribution in [0.25, 0.3) is 0 Å². The third kappa shape index (κ3) is 4.12. The van der Waals surface area contributed by atoms with E-state index in [1.54, 1.807) is 0 Å². The van der Waals surface area contributed by atoms with Gasteiger partial charge in [0.15, 0.2) is 0 Å². The zero-order valence-electron chi connectivity index (χ0n) is 11.9. The van der Waals surface area contributed by atoms with E-state index in [9.17, 15) is 18.0 Å². The fourth-order valence-corrected chi connectivity index (χ4v) is 2.63. The first-order chi connectivity index (χ1) is 9.90. The summed E-state index contributed by atoms with van der Waals surface area (Å²) in [7, 11) is 0. The number of alkyl halides is 3. The monoisotopic (exact) mass is 300 g/mol. The normalized spacial score (nSPS) is 17.8. The van der Waals surface area contributed by atoms with E-state index in [1.165, 1.54) is 4.90 Å². The SMILES string of the molecule is CCCN(C(=O)CC(F)(F)F)[C@@H]1CCc2ccccc2N1. The number of carbonyl (C=O) groups excluding carboxylic acids is 1. The van der Waals surface area contributed by atoms with Gasteiger partial charge < -0.3 is 10.2 Å². The molecule has 0 saturated heterocycles. The van der Waals surface area contributed by atoms with E-state index >= 15 is 0 Å². The smallest absolute Gasteiger partial charge is 0.365 e. The van der Waals surface area contributed by atoms with Crippen LogP contribution in [0.5, 0.6) is 0 Å². The van der Waals surface area contributed by atoms with Gasteiger partial charge in [-0.25, -0.2) is 0 Å². The number of benzene rings is 1. The van der Waals surface area contributed by atoms with Crippen LogP contribution < -0.4 is 5.32 Å². The fourth-order valence-electron chi connectivity index (χ4n) is 2.63. The van der Waals surface area contributed by atoms with Gasteiger partial charge in [-0.2, -0.15) is 13.2 Å². The van der Waals surface area contributed by atoms with Gasteiger partial charge >= 0.3 is 6.18 Å². The van der Waals surface area contributed by atoms with Crippen LogP contribution >= 0.6 is 0 Å². The lowest BCUT2D eigenvalue weighted by molar-refractivity contribution is -0.162. The Morgan fingerprint density at radius 1 is 1.38 bits per heavy atom. The molecule has 0 aromatic heterocycles. The maximum Gasteiger partial charge on any atom is 0.397 e. The lowest BCUT2D eigenvalue weighted by Gasteiger charge is -2.36. The van der Waals surface area contributed by atoms with Crippen LogP contribution in [-0.2, 0) is 11.2 Å². The predicted octanol–water partition coefficient (Wildman–Crippen LogP) is 3.56. The van der Waals surface area contributed by atoms with E-state index < -0.39 is 18.5 Å². The molecule has 0 saturated carbocycles. The minimum atomic E-state index is -4.46. The molecule has 1 amide bonds. The van der Waals surface area contributed by atoms with Gasteiger partial charge in [-0.05, 0) is 30.9 Å². The zero-order chi connectivity index (χ0) is 15.5. The molecule has 1 aromatic rings. The molecule has 0 bridgehead atoms. The van der Waals surface area contributed by atoms with E-state index in [0.717, 1.165) is 17.7 Å². The molecule has 1 N–H and O–H groups in total. The van der Waals surface area contributed by atoms with E-state index in [-0.39, 0.29) is 6.17 Å². The standard InChI is InChI=1S/C15H19F3N2O/c1-2-9-20(14(21)10-15(16,17)18)13-8-7-11-5-3-4-6-12(11)19-13/h3-6,13,19H,2,7-10H2,1H3/t13-/m1/s1. The number of para-hydroxylation sites is 1. The number of nitrogens with zero attached hydrogens (tertiary/aromatic N) is 1. The molecular weight excluding hydrogens is 281 g/mol. The summed E-state index contributed by atoms with van der Waals surface area (Å²) in [6.45, 7) is 2.18. The van der Waals surface area contributed by atoms with Crippen molar-refractivity contribution in [3.05, 3.63) is 29.8 Å². The summed E-state index contributed by atoms with van der Waals surface area (Å²) in [5, 5.41) is 3.19. The third-order valence-corrected chi connectivity index (χ3v) is 3.54. The summed E-state index contributed by atoms with van der Waals surface area (Å²) in [5.74, 6) is -0.860. The van der Waals surface area contributed by atoms with Gasteiger partial charge in [-0.15, -0.1) is 0 Å². The Bertz CT molecular complexity index is 502. The molecule has 1 heterocycles. The van der Waals surface area contributed by atoms with Crippen molar-refractivity contribution in [1.82, 2.24) is 4.90 Å². The number of carbonyl (C=O) groups is 1. The predicted molar refractivity (Wildman–Crippen MR) is 74.8 cm³/mol. The summed E-state index contributed by atoms with van der Waals surface area (Å²) in [5.41, 5.74) is 2.03. The van der Waals surface area contributed by atoms with Crippen molar-refractivity contribution in [3.8, 4) is 0 Å². The van der Waals surface area contributed by atoms with Crippen LogP contribution in [0.4, 0.5) is 18.9 Å². The Morgan fingerprint density at radius 3 is 2.76 bits per heavy atom. The van der Waals surface area contributed by atoms with Crippen molar-refractivity contribution >= 4 is 11.6 Å². The molecule has 1 aliphatic heterocycles. The molecule has 0 unspecified atom stereocenters. The number of halogens is 3. The second kappa shape index (κ2) is 6.37. The van der Waals surface area contributed by atoms with Crippen LogP contribution in [0.2, 0.25) is 0 Å². The number of rotatable bonds is 4. The first kappa shape index (κ1) is 15.7. The molecule has 0 radical (unpaired) electrons. The lowest BCUT2D eigenvalue weighted by Crippen LogP contribution is -2.48. The highest BCUT2D eigenvalue weighted by Gasteiger charge is 2.36. The van der Waals surface area contributed by atoms with Gasteiger partial charge in [0, 0.05) is 12.2 Å². The first-order valence-corrected chi connectivity index (χ1v) is 7.11. The minimum absolute atomic E-state index is 0.328. The van der Waals surface area contributed by atoms with Crippen molar-refractivity contribution < 1.29 is 18.0 Å². The number of hydrogen-bond donors (Lipinski definition) is 1. The van der Waals surface area contributed by atoms with Gasteiger partial charge in [-0.3, -0.25) is 4.79 Å². The van der Waals surface area contributed by atoms with E-state index in [4.69, 9.17) is 0 Å². The first-order valence-electron chi connectivity index (χ1n) is 7.11. The molecule has 1 aromatic carbocycles. The Morgan fingerprint density at radius 2 is 2.10 bits per heavy atom. The Hall–Kier alpha value is -1.72. The molecule has 0 fully saturated rings. The largest absolute Gasteiger partial charge is 0.397 e. The molecule has 1 aliphatic rings. The second-order valence-corrected chi connectivity index (χ2v) is 5.24. The zero-order valence-corrected chi connectivity index (χ0v) is 11.9. The van der Waals surface area contributed by atoms with Crippen LogP contribution in [0, 0.1) is 0 Å². The maximum atomic E-state index is 12.4. The van der Waals surface area contributed by atoms with Gasteiger partial charge in [-0.1, -0.05) is 25.1 Å². The summed E-state index contributed by atoms with van der Waals surface area (Å²) < 4.78 is 37.3. The van der Waals surface area contributed by atoms with Crippen LogP contribution in [0.3, 0.4) is 0 Å². The van der Waals surface area contributed by atoms with Gasteiger partial charge in [0.25, 0.3) is 0 Å². The molecule has 21 heavy (non-hydrogen) atoms. The number of nitrogens with one attached hydrogen (secondary N) is 1. The molecular formula is C15H19F3N2O. The van der Waals surface area contributed by atoms with E-state index in [0.29, 0.717) is 19.4 Å². The van der Waals surface area contributed by atoms with Crippen molar-refractivity contribution in [1.29, 1.82) is 0 Å². The minimum Gasteiger partial charge on any atom is -0.365 e. The highest BCUT2D eigenvalue weighted by molar-refractivity contribution is 5.77. The summed E-state index contributed by atoms with van der Waals surface area (Å²) in [6, 6.07) is 7.68. The Balaban J connectivity index is 2.11. The maximum absolute atomic E-state index is 12.4. The molecule has 6 heteroatoms. The summed E-state index contributed by atoms with van der Waals surface area (Å²) >= 11 is 0. The molecule has 1 atom stereocenters. The highest BCUT2D eigenvalue weighted by atomic mass is 19.4. The number of anilines is 1. The lowest BCUT2D eigenvalue weighted by atomic mass is 10.0.